The first kappa shape index (κ1) is 13.9. The third-order valence-electron chi connectivity index (χ3n) is 3.74. The van der Waals surface area contributed by atoms with Crippen molar-refractivity contribution >= 4 is 11.5 Å². The third kappa shape index (κ3) is 2.05. The number of nitro benzene ring substituents is 1. The number of hydrogen-bond acceptors (Lipinski definition) is 5. The van der Waals surface area contributed by atoms with E-state index in [1.807, 2.05) is 6.07 Å². The topological polar surface area (TPSA) is 102 Å². The van der Waals surface area contributed by atoms with Crippen molar-refractivity contribution in [2.24, 2.45) is 0 Å². The molecule has 0 saturated carbocycles. The van der Waals surface area contributed by atoms with E-state index in [0.29, 0.717) is 30.5 Å². The number of ketones is 1. The van der Waals surface area contributed by atoms with Crippen LogP contribution in [0.4, 0.5) is 5.69 Å². The Morgan fingerprint density at radius 3 is 2.86 bits per heavy atom. The number of aryl methyl sites for hydroxylation is 1. The van der Waals surface area contributed by atoms with E-state index < -0.39 is 4.92 Å². The Bertz CT molecular complexity index is 845. The monoisotopic (exact) mass is 296 g/mol. The molecule has 0 saturated heterocycles. The summed E-state index contributed by atoms with van der Waals surface area (Å²) in [4.78, 5) is 22.9. The van der Waals surface area contributed by atoms with Crippen LogP contribution < -0.4 is 0 Å². The third-order valence-corrected chi connectivity index (χ3v) is 3.74. The lowest BCUT2D eigenvalue weighted by molar-refractivity contribution is -0.384. The number of benzene rings is 1. The Balaban J connectivity index is 2.29. The van der Waals surface area contributed by atoms with Gasteiger partial charge in [0.05, 0.1) is 16.2 Å². The fraction of sp³-hybridized carbons (Fsp3) is 0.267. The van der Waals surface area contributed by atoms with Crippen LogP contribution in [-0.2, 0) is 6.42 Å². The van der Waals surface area contributed by atoms with Crippen molar-refractivity contribution in [3.05, 3.63) is 50.8 Å². The Hall–Kier alpha value is -3.01. The van der Waals surface area contributed by atoms with Gasteiger partial charge in [0.15, 0.2) is 11.5 Å². The van der Waals surface area contributed by atoms with Crippen LogP contribution in [0.2, 0.25) is 0 Å². The zero-order valence-corrected chi connectivity index (χ0v) is 11.9. The van der Waals surface area contributed by atoms with Crippen molar-refractivity contribution in [3.8, 4) is 11.8 Å². The molecule has 1 aromatic carbocycles. The summed E-state index contributed by atoms with van der Waals surface area (Å²) in [5.41, 5.74) is 1.88. The zero-order valence-electron chi connectivity index (χ0n) is 11.9. The molecular formula is C15H12N4O3. The van der Waals surface area contributed by atoms with E-state index in [0.717, 1.165) is 5.56 Å². The molecule has 1 aliphatic rings. The second-order valence-electron chi connectivity index (χ2n) is 5.22. The molecule has 0 bridgehead atoms. The molecule has 0 spiro atoms. The maximum absolute atomic E-state index is 12.0. The molecule has 0 atom stereocenters. The first-order chi connectivity index (χ1) is 10.5. The second-order valence-corrected chi connectivity index (χ2v) is 5.22. The predicted molar refractivity (Wildman–Crippen MR) is 76.9 cm³/mol. The molecule has 0 aliphatic heterocycles. The predicted octanol–water partition coefficient (Wildman–Crippen LogP) is 2.48. The number of rotatable bonds is 2. The highest BCUT2D eigenvalue weighted by atomic mass is 16.6. The average molecular weight is 296 g/mol. The van der Waals surface area contributed by atoms with Crippen LogP contribution in [0.1, 0.15) is 40.2 Å². The summed E-state index contributed by atoms with van der Waals surface area (Å²) in [6.07, 6.45) is 1.60. The summed E-state index contributed by atoms with van der Waals surface area (Å²) >= 11 is 0. The lowest BCUT2D eigenvalue weighted by Gasteiger charge is -2.13. The summed E-state index contributed by atoms with van der Waals surface area (Å²) in [5, 5.41) is 24.6. The highest BCUT2D eigenvalue weighted by Crippen LogP contribution is 2.30. The molecule has 0 amide bonds. The molecule has 3 rings (SSSR count). The number of nitriles is 1. The van der Waals surface area contributed by atoms with Crippen molar-refractivity contribution in [2.45, 2.75) is 26.2 Å². The van der Waals surface area contributed by atoms with Gasteiger partial charge in [-0.3, -0.25) is 14.9 Å². The van der Waals surface area contributed by atoms with E-state index in [1.165, 1.54) is 10.7 Å². The van der Waals surface area contributed by atoms with Crippen LogP contribution >= 0.6 is 0 Å². The van der Waals surface area contributed by atoms with E-state index in [4.69, 9.17) is 0 Å². The van der Waals surface area contributed by atoms with Gasteiger partial charge in [0.1, 0.15) is 11.8 Å². The SMILES string of the molecule is Cc1ccc(-n2nc(C#N)c3c2CCCC3=O)c([N+](=O)[O-])c1. The van der Waals surface area contributed by atoms with Gasteiger partial charge in [-0.2, -0.15) is 10.4 Å². The highest BCUT2D eigenvalue weighted by molar-refractivity contribution is 6.00. The number of nitrogens with zero attached hydrogens (tertiary/aromatic N) is 4. The summed E-state index contributed by atoms with van der Waals surface area (Å²) < 4.78 is 1.38. The van der Waals surface area contributed by atoms with Crippen molar-refractivity contribution in [1.82, 2.24) is 9.78 Å². The molecule has 2 aromatic rings. The van der Waals surface area contributed by atoms with Gasteiger partial charge in [-0.25, -0.2) is 4.68 Å². The molecule has 1 aliphatic carbocycles. The fourth-order valence-corrected chi connectivity index (χ4v) is 2.75. The van der Waals surface area contributed by atoms with Gasteiger partial charge in [-0.15, -0.1) is 0 Å². The normalized spacial score (nSPS) is 13.5. The van der Waals surface area contributed by atoms with Crippen LogP contribution in [0.5, 0.6) is 0 Å². The van der Waals surface area contributed by atoms with Gasteiger partial charge in [-0.05, 0) is 31.4 Å². The molecule has 1 aromatic heterocycles. The van der Waals surface area contributed by atoms with E-state index in [2.05, 4.69) is 5.10 Å². The van der Waals surface area contributed by atoms with E-state index >= 15 is 0 Å². The molecule has 0 radical (unpaired) electrons. The minimum absolute atomic E-state index is 0.0366. The number of fused-ring (bicyclic) bond motifs is 1. The molecule has 0 unspecified atom stereocenters. The van der Waals surface area contributed by atoms with Gasteiger partial charge in [0.2, 0.25) is 0 Å². The van der Waals surface area contributed by atoms with Crippen LogP contribution in [-0.4, -0.2) is 20.5 Å². The fourth-order valence-electron chi connectivity index (χ4n) is 2.75. The standard InChI is InChI=1S/C15H12N4O3/c1-9-5-6-11(13(7-9)19(21)22)18-12-3-2-4-14(20)15(12)10(8-16)17-18/h5-7H,2-4H2,1H3. The van der Waals surface area contributed by atoms with Crippen molar-refractivity contribution in [2.75, 3.05) is 0 Å². The summed E-state index contributed by atoms with van der Waals surface area (Å²) in [6.45, 7) is 1.76. The number of nitro groups is 1. The smallest absolute Gasteiger partial charge is 0.294 e. The van der Waals surface area contributed by atoms with Crippen LogP contribution in [0, 0.1) is 28.4 Å². The summed E-state index contributed by atoms with van der Waals surface area (Å²) in [6, 6.07) is 6.71. The second kappa shape index (κ2) is 5.07. The lowest BCUT2D eigenvalue weighted by Crippen LogP contribution is -2.14. The van der Waals surface area contributed by atoms with E-state index in [-0.39, 0.29) is 22.9 Å². The van der Waals surface area contributed by atoms with Gasteiger partial charge < -0.3 is 0 Å². The molecule has 0 N–H and O–H groups in total. The number of carbonyl (C=O) groups excluding carboxylic acids is 1. The minimum Gasteiger partial charge on any atom is -0.294 e. The first-order valence-electron chi connectivity index (χ1n) is 6.83. The Morgan fingerprint density at radius 2 is 2.18 bits per heavy atom. The maximum atomic E-state index is 12.0. The van der Waals surface area contributed by atoms with Crippen LogP contribution in [0.3, 0.4) is 0 Å². The molecule has 110 valence electrons. The number of Topliss-reactive ketones (excluding diaryl/α,β-unsaturated/α-hetero) is 1. The largest absolute Gasteiger partial charge is 0.295 e. The van der Waals surface area contributed by atoms with E-state index in [9.17, 15) is 20.2 Å². The summed E-state index contributed by atoms with van der Waals surface area (Å²) in [5.74, 6) is -0.126. The number of hydrogen-bond donors (Lipinski definition) is 0. The van der Waals surface area contributed by atoms with Gasteiger partial charge in [0.25, 0.3) is 5.69 Å². The van der Waals surface area contributed by atoms with Crippen LogP contribution in [0.25, 0.3) is 5.69 Å². The minimum atomic E-state index is -0.479. The van der Waals surface area contributed by atoms with Gasteiger partial charge in [-0.1, -0.05) is 6.07 Å². The molecule has 7 nitrogen and oxygen atoms in total. The summed E-state index contributed by atoms with van der Waals surface area (Å²) in [7, 11) is 0. The van der Waals surface area contributed by atoms with Gasteiger partial charge in [0, 0.05) is 12.5 Å². The first-order valence-corrected chi connectivity index (χ1v) is 6.83. The van der Waals surface area contributed by atoms with Crippen molar-refractivity contribution < 1.29 is 9.72 Å². The molecule has 22 heavy (non-hydrogen) atoms. The Kier molecular flexibility index (Phi) is 3.22. The zero-order chi connectivity index (χ0) is 15.9. The number of carbonyl (C=O) groups is 1. The maximum Gasteiger partial charge on any atom is 0.295 e. The van der Waals surface area contributed by atoms with Crippen molar-refractivity contribution in [3.63, 3.8) is 0 Å². The van der Waals surface area contributed by atoms with Crippen LogP contribution in [0.15, 0.2) is 18.2 Å². The number of aromatic nitrogens is 2. The molecule has 0 fully saturated rings. The Morgan fingerprint density at radius 1 is 1.41 bits per heavy atom. The van der Waals surface area contributed by atoms with Gasteiger partial charge >= 0.3 is 0 Å². The van der Waals surface area contributed by atoms with E-state index in [1.54, 1.807) is 19.1 Å². The lowest BCUT2D eigenvalue weighted by atomic mass is 9.94. The average Bonchev–Trinajstić information content (AvgIpc) is 2.87. The quantitative estimate of drug-likeness (QED) is 0.625. The molecular weight excluding hydrogens is 284 g/mol. The molecule has 7 heteroatoms. The Labute approximate surface area is 125 Å². The molecule has 1 heterocycles. The van der Waals surface area contributed by atoms with Crippen molar-refractivity contribution in [1.29, 1.82) is 5.26 Å². The highest BCUT2D eigenvalue weighted by Gasteiger charge is 2.29.